The van der Waals surface area contributed by atoms with E-state index in [0.29, 0.717) is 23.3 Å². The Bertz CT molecular complexity index is 896. The van der Waals surface area contributed by atoms with Crippen LogP contribution < -0.4 is 0 Å². The average molecular weight is 352 g/mol. The fourth-order valence-electron chi connectivity index (χ4n) is 2.74. The Morgan fingerprint density at radius 2 is 2.08 bits per heavy atom. The van der Waals surface area contributed by atoms with Gasteiger partial charge < -0.3 is 4.57 Å². The minimum absolute atomic E-state index is 0.0828. The zero-order valence-electron chi connectivity index (χ0n) is 14.3. The van der Waals surface area contributed by atoms with Gasteiger partial charge in [0, 0.05) is 29.1 Å². The Labute approximate surface area is 151 Å². The lowest BCUT2D eigenvalue weighted by Crippen LogP contribution is -2.06. The highest BCUT2D eigenvalue weighted by atomic mass is 32.2. The van der Waals surface area contributed by atoms with Crippen LogP contribution in [0.5, 0.6) is 0 Å². The first-order valence-electron chi connectivity index (χ1n) is 8.01. The number of aromatic amines is 1. The van der Waals surface area contributed by atoms with Crippen molar-refractivity contribution in [3.05, 3.63) is 66.0 Å². The van der Waals surface area contributed by atoms with E-state index in [1.807, 2.05) is 56.3 Å². The number of nitrogens with zero attached hydrogens (tertiary/aromatic N) is 3. The molecule has 128 valence electrons. The molecule has 1 aromatic carbocycles. The molecule has 0 spiro atoms. The second-order valence-corrected chi connectivity index (χ2v) is 6.67. The third kappa shape index (κ3) is 3.74. The monoisotopic (exact) mass is 352 g/mol. The quantitative estimate of drug-likeness (QED) is 0.396. The molecule has 0 atom stereocenters. The number of rotatable bonds is 7. The number of allylic oxidation sites excluding steroid dienone is 1. The Morgan fingerprint density at radius 3 is 2.80 bits per heavy atom. The van der Waals surface area contributed by atoms with Gasteiger partial charge in [0.15, 0.2) is 11.6 Å². The van der Waals surface area contributed by atoms with Gasteiger partial charge in [-0.3, -0.25) is 9.89 Å². The van der Waals surface area contributed by atoms with Crippen LogP contribution in [0.1, 0.15) is 21.7 Å². The minimum atomic E-state index is 0.0828. The molecule has 0 fully saturated rings. The second-order valence-electron chi connectivity index (χ2n) is 5.73. The van der Waals surface area contributed by atoms with Gasteiger partial charge in [-0.15, -0.1) is 11.7 Å². The van der Waals surface area contributed by atoms with Gasteiger partial charge >= 0.3 is 0 Å². The van der Waals surface area contributed by atoms with Crippen molar-refractivity contribution >= 4 is 17.5 Å². The van der Waals surface area contributed by atoms with Gasteiger partial charge in [0.05, 0.1) is 5.75 Å². The van der Waals surface area contributed by atoms with Crippen molar-refractivity contribution < 1.29 is 4.79 Å². The van der Waals surface area contributed by atoms with Crippen molar-refractivity contribution in [3.63, 3.8) is 0 Å². The highest BCUT2D eigenvalue weighted by Gasteiger charge is 2.16. The molecule has 3 rings (SSSR count). The molecule has 2 heterocycles. The third-order valence-corrected chi connectivity index (χ3v) is 4.88. The first kappa shape index (κ1) is 17.2. The van der Waals surface area contributed by atoms with Crippen molar-refractivity contribution in [2.45, 2.75) is 25.5 Å². The molecule has 3 aromatic rings. The Hall–Kier alpha value is -2.60. The van der Waals surface area contributed by atoms with Gasteiger partial charge in [-0.1, -0.05) is 48.2 Å². The lowest BCUT2D eigenvalue weighted by atomic mass is 10.2. The van der Waals surface area contributed by atoms with Crippen molar-refractivity contribution in [2.24, 2.45) is 0 Å². The van der Waals surface area contributed by atoms with E-state index in [-0.39, 0.29) is 5.78 Å². The summed E-state index contributed by atoms with van der Waals surface area (Å²) in [6.07, 6.45) is 1.84. The molecule has 0 saturated carbocycles. The number of nitrogens with one attached hydrogen (secondary N) is 1. The van der Waals surface area contributed by atoms with E-state index in [1.54, 1.807) is 0 Å². The lowest BCUT2D eigenvalue weighted by Gasteiger charge is -2.05. The fraction of sp³-hybridized carbons (Fsp3) is 0.211. The maximum Gasteiger partial charge on any atom is 0.209 e. The summed E-state index contributed by atoms with van der Waals surface area (Å²) in [5.74, 6) is 1.10. The number of carbonyl (C=O) groups excluding carboxylic acids is 1. The third-order valence-electron chi connectivity index (χ3n) is 4.03. The number of carbonyl (C=O) groups is 1. The molecular formula is C19H20N4OS. The maximum absolute atomic E-state index is 12.6. The van der Waals surface area contributed by atoms with Gasteiger partial charge in [-0.25, -0.2) is 4.98 Å². The number of aromatic nitrogens is 4. The smallest absolute Gasteiger partial charge is 0.209 e. The molecule has 25 heavy (non-hydrogen) atoms. The summed E-state index contributed by atoms with van der Waals surface area (Å²) in [6, 6.07) is 11.7. The molecule has 0 aliphatic rings. The number of aryl methyl sites for hydroxylation is 1. The van der Waals surface area contributed by atoms with E-state index < -0.39 is 0 Å². The van der Waals surface area contributed by atoms with E-state index in [2.05, 4.69) is 26.3 Å². The zero-order chi connectivity index (χ0) is 17.8. The number of thioether (sulfide) groups is 1. The number of hydrogen-bond acceptors (Lipinski definition) is 4. The summed E-state index contributed by atoms with van der Waals surface area (Å²) in [5, 5.41) is 7.68. The largest absolute Gasteiger partial charge is 0.345 e. The van der Waals surface area contributed by atoms with Gasteiger partial charge in [0.2, 0.25) is 5.16 Å². The van der Waals surface area contributed by atoms with Crippen LogP contribution in [-0.2, 0) is 6.54 Å². The zero-order valence-corrected chi connectivity index (χ0v) is 15.1. The summed E-state index contributed by atoms with van der Waals surface area (Å²) < 4.78 is 2.09. The molecule has 1 N–H and O–H groups in total. The summed E-state index contributed by atoms with van der Waals surface area (Å²) in [5.41, 5.74) is 3.77. The van der Waals surface area contributed by atoms with Crippen LogP contribution in [0.3, 0.4) is 0 Å². The average Bonchev–Trinajstić information content (AvgIpc) is 3.21. The van der Waals surface area contributed by atoms with E-state index in [9.17, 15) is 4.79 Å². The summed E-state index contributed by atoms with van der Waals surface area (Å²) in [4.78, 5) is 17.0. The van der Waals surface area contributed by atoms with E-state index >= 15 is 0 Å². The van der Waals surface area contributed by atoms with Crippen LogP contribution in [0, 0.1) is 13.8 Å². The predicted molar refractivity (Wildman–Crippen MR) is 101 cm³/mol. The van der Waals surface area contributed by atoms with Crippen molar-refractivity contribution in [2.75, 3.05) is 5.75 Å². The number of benzene rings is 1. The first-order chi connectivity index (χ1) is 12.1. The van der Waals surface area contributed by atoms with E-state index in [4.69, 9.17) is 0 Å². The summed E-state index contributed by atoms with van der Waals surface area (Å²) >= 11 is 1.34. The molecule has 0 radical (unpaired) electrons. The number of hydrogen-bond donors (Lipinski definition) is 1. The Kier molecular flexibility index (Phi) is 5.19. The Balaban J connectivity index is 1.68. The molecule has 0 saturated heterocycles. The van der Waals surface area contributed by atoms with E-state index in [1.165, 1.54) is 11.8 Å². The molecule has 0 aliphatic carbocycles. The highest BCUT2D eigenvalue weighted by molar-refractivity contribution is 7.99. The molecule has 0 aliphatic heterocycles. The van der Waals surface area contributed by atoms with Crippen LogP contribution in [-0.4, -0.2) is 31.3 Å². The minimum Gasteiger partial charge on any atom is -0.345 e. The molecular weight excluding hydrogens is 332 g/mol. The first-order valence-corrected chi connectivity index (χ1v) is 9.00. The fourth-order valence-corrected chi connectivity index (χ4v) is 3.42. The van der Waals surface area contributed by atoms with Crippen LogP contribution in [0.25, 0.3) is 11.4 Å². The standard InChI is InChI=1S/C19H20N4OS/c1-4-10-23-13(2)11-16(14(23)3)17(24)12-25-19-20-18(21-22-19)15-8-6-5-7-9-15/h4-9,11H,1,10,12H2,2-3H3,(H,20,21,22). The lowest BCUT2D eigenvalue weighted by molar-refractivity contribution is 0.102. The Morgan fingerprint density at radius 1 is 1.32 bits per heavy atom. The summed E-state index contributed by atoms with van der Waals surface area (Å²) in [7, 11) is 0. The van der Waals surface area contributed by atoms with Crippen molar-refractivity contribution in [1.82, 2.24) is 19.7 Å². The highest BCUT2D eigenvalue weighted by Crippen LogP contribution is 2.22. The SMILES string of the molecule is C=CCn1c(C)cc(C(=O)CSc2n[nH]c(-c3ccccc3)n2)c1C. The molecule has 5 nitrogen and oxygen atoms in total. The molecule has 0 bridgehead atoms. The summed E-state index contributed by atoms with van der Waals surface area (Å²) in [6.45, 7) is 8.44. The number of ketones is 1. The van der Waals surface area contributed by atoms with Gasteiger partial charge in [-0.2, -0.15) is 0 Å². The van der Waals surface area contributed by atoms with Crippen molar-refractivity contribution in [1.29, 1.82) is 0 Å². The van der Waals surface area contributed by atoms with Gasteiger partial charge in [0.1, 0.15) is 0 Å². The maximum atomic E-state index is 12.6. The molecule has 0 amide bonds. The molecule has 6 heteroatoms. The second kappa shape index (κ2) is 7.53. The molecule has 0 unspecified atom stereocenters. The topological polar surface area (TPSA) is 63.6 Å². The normalized spacial score (nSPS) is 10.8. The van der Waals surface area contributed by atoms with Gasteiger partial charge in [0.25, 0.3) is 0 Å². The predicted octanol–water partition coefficient (Wildman–Crippen LogP) is 4.05. The number of H-pyrrole nitrogens is 1. The van der Waals surface area contributed by atoms with Gasteiger partial charge in [-0.05, 0) is 19.9 Å². The van der Waals surface area contributed by atoms with E-state index in [0.717, 1.165) is 22.5 Å². The van der Waals surface area contributed by atoms with Crippen LogP contribution >= 0.6 is 11.8 Å². The van der Waals surface area contributed by atoms with Crippen LogP contribution in [0.15, 0.2) is 54.2 Å². The van der Waals surface area contributed by atoms with Crippen molar-refractivity contribution in [3.8, 4) is 11.4 Å². The van der Waals surface area contributed by atoms with Crippen LogP contribution in [0.4, 0.5) is 0 Å². The van der Waals surface area contributed by atoms with Crippen LogP contribution in [0.2, 0.25) is 0 Å². The number of Topliss-reactive ketones (excluding diaryl/α,β-unsaturated/α-hetero) is 1. The molecule has 2 aromatic heterocycles.